The van der Waals surface area contributed by atoms with Crippen molar-refractivity contribution in [3.05, 3.63) is 47.4 Å². The number of pyridine rings is 2. The van der Waals surface area contributed by atoms with Crippen LogP contribution in [0.5, 0.6) is 0 Å². The van der Waals surface area contributed by atoms with E-state index in [1.807, 2.05) is 12.1 Å². The minimum absolute atomic E-state index is 0.190. The minimum atomic E-state index is -0.190. The lowest BCUT2D eigenvalue weighted by Crippen LogP contribution is -2.28. The first-order valence-electron chi connectivity index (χ1n) is 10.1. The standard InChI is InChI=1S/C21H25N7O2/c1-13-18(14(2)30-27-13)21(29)24-10-11-28-17(7-3-4-8-22)26-16-12-25-15-6-5-9-23-19(15)20(16)28/h5-6,9,12H,3-4,7-8,10-11,22H2,1-2H3,(H,24,29). The lowest BCUT2D eigenvalue weighted by Gasteiger charge is -2.11. The van der Waals surface area contributed by atoms with Crippen molar-refractivity contribution in [1.29, 1.82) is 0 Å². The monoisotopic (exact) mass is 407 g/mol. The van der Waals surface area contributed by atoms with E-state index in [1.54, 1.807) is 26.2 Å². The Morgan fingerprint density at radius 1 is 1.23 bits per heavy atom. The SMILES string of the molecule is Cc1noc(C)c1C(=O)NCCn1c(CCCCN)nc2cnc3cccnc3c21. The molecule has 0 aliphatic rings. The van der Waals surface area contributed by atoms with Crippen LogP contribution in [0.25, 0.3) is 22.1 Å². The normalized spacial score (nSPS) is 11.4. The van der Waals surface area contributed by atoms with Gasteiger partial charge in [0.05, 0.1) is 22.9 Å². The Labute approximate surface area is 173 Å². The minimum Gasteiger partial charge on any atom is -0.361 e. The number of fused-ring (bicyclic) bond motifs is 3. The summed E-state index contributed by atoms with van der Waals surface area (Å²) in [5, 5.41) is 6.82. The Hall–Kier alpha value is -3.33. The molecule has 0 saturated heterocycles. The maximum atomic E-state index is 12.6. The van der Waals surface area contributed by atoms with Crippen LogP contribution in [0.1, 0.15) is 40.5 Å². The van der Waals surface area contributed by atoms with Gasteiger partial charge in [-0.05, 0) is 45.4 Å². The van der Waals surface area contributed by atoms with Crippen LogP contribution in [0, 0.1) is 13.8 Å². The van der Waals surface area contributed by atoms with Crippen LogP contribution in [0.15, 0.2) is 29.0 Å². The number of amides is 1. The van der Waals surface area contributed by atoms with Gasteiger partial charge in [-0.15, -0.1) is 0 Å². The Bertz CT molecular complexity index is 1180. The topological polar surface area (TPSA) is 125 Å². The van der Waals surface area contributed by atoms with Crippen LogP contribution in [0.3, 0.4) is 0 Å². The van der Waals surface area contributed by atoms with E-state index >= 15 is 0 Å². The van der Waals surface area contributed by atoms with Gasteiger partial charge in [0.25, 0.3) is 5.91 Å². The van der Waals surface area contributed by atoms with Crippen molar-refractivity contribution in [2.24, 2.45) is 5.73 Å². The highest BCUT2D eigenvalue weighted by atomic mass is 16.5. The van der Waals surface area contributed by atoms with Crippen molar-refractivity contribution in [1.82, 2.24) is 30.0 Å². The summed E-state index contributed by atoms with van der Waals surface area (Å²) in [6, 6.07) is 3.81. The quantitative estimate of drug-likeness (QED) is 0.429. The zero-order valence-corrected chi connectivity index (χ0v) is 17.2. The van der Waals surface area contributed by atoms with Gasteiger partial charge in [0, 0.05) is 25.7 Å². The first-order chi connectivity index (χ1) is 14.6. The van der Waals surface area contributed by atoms with Crippen molar-refractivity contribution in [2.45, 2.75) is 39.7 Å². The Morgan fingerprint density at radius 2 is 2.10 bits per heavy atom. The van der Waals surface area contributed by atoms with Crippen molar-refractivity contribution >= 4 is 28.0 Å². The van der Waals surface area contributed by atoms with Crippen LogP contribution in [0.2, 0.25) is 0 Å². The Kier molecular flexibility index (Phi) is 5.71. The maximum Gasteiger partial charge on any atom is 0.256 e. The van der Waals surface area contributed by atoms with Crippen LogP contribution in [-0.2, 0) is 13.0 Å². The summed E-state index contributed by atoms with van der Waals surface area (Å²) in [6.45, 7) is 5.15. The molecule has 0 bridgehead atoms. The van der Waals surface area contributed by atoms with Crippen LogP contribution < -0.4 is 11.1 Å². The van der Waals surface area contributed by atoms with Crippen molar-refractivity contribution in [3.8, 4) is 0 Å². The molecule has 0 aliphatic carbocycles. The maximum absolute atomic E-state index is 12.6. The fourth-order valence-corrected chi connectivity index (χ4v) is 3.71. The summed E-state index contributed by atoms with van der Waals surface area (Å²) in [7, 11) is 0. The summed E-state index contributed by atoms with van der Waals surface area (Å²) < 4.78 is 7.23. The van der Waals surface area contributed by atoms with E-state index in [0.717, 1.165) is 47.2 Å². The van der Waals surface area contributed by atoms with Gasteiger partial charge in [0.15, 0.2) is 0 Å². The summed E-state index contributed by atoms with van der Waals surface area (Å²) in [5.41, 5.74) is 10.1. The molecule has 156 valence electrons. The largest absolute Gasteiger partial charge is 0.361 e. The number of nitrogens with one attached hydrogen (secondary N) is 1. The highest BCUT2D eigenvalue weighted by Crippen LogP contribution is 2.24. The molecule has 0 aliphatic heterocycles. The number of nitrogens with two attached hydrogens (primary N) is 1. The molecule has 0 aromatic carbocycles. The van der Waals surface area contributed by atoms with Crippen LogP contribution in [-0.4, -0.2) is 43.7 Å². The third-order valence-corrected chi connectivity index (χ3v) is 5.15. The lowest BCUT2D eigenvalue weighted by molar-refractivity contribution is 0.0950. The molecular weight excluding hydrogens is 382 g/mol. The van der Waals surface area contributed by atoms with Gasteiger partial charge in [0.2, 0.25) is 0 Å². The number of rotatable bonds is 8. The molecule has 4 aromatic heterocycles. The molecule has 4 rings (SSSR count). The zero-order chi connectivity index (χ0) is 21.1. The predicted octanol–water partition coefficient (Wildman–Crippen LogP) is 2.30. The van der Waals surface area contributed by atoms with Gasteiger partial charge in [0.1, 0.15) is 28.2 Å². The van der Waals surface area contributed by atoms with Gasteiger partial charge in [-0.2, -0.15) is 0 Å². The molecule has 1 amide bonds. The predicted molar refractivity (Wildman–Crippen MR) is 113 cm³/mol. The molecule has 9 nitrogen and oxygen atoms in total. The van der Waals surface area contributed by atoms with Crippen molar-refractivity contribution < 1.29 is 9.32 Å². The fourth-order valence-electron chi connectivity index (χ4n) is 3.71. The van der Waals surface area contributed by atoms with Gasteiger partial charge in [-0.3, -0.25) is 14.8 Å². The molecule has 4 aromatic rings. The van der Waals surface area contributed by atoms with E-state index in [2.05, 4.69) is 25.0 Å². The van der Waals surface area contributed by atoms with E-state index in [9.17, 15) is 4.79 Å². The van der Waals surface area contributed by atoms with E-state index in [1.165, 1.54) is 0 Å². The van der Waals surface area contributed by atoms with Gasteiger partial charge >= 0.3 is 0 Å². The number of hydrogen-bond donors (Lipinski definition) is 2. The average Bonchev–Trinajstić information content (AvgIpc) is 3.27. The van der Waals surface area contributed by atoms with Crippen molar-refractivity contribution in [3.63, 3.8) is 0 Å². The molecule has 0 radical (unpaired) electrons. The van der Waals surface area contributed by atoms with Gasteiger partial charge in [-0.1, -0.05) is 5.16 Å². The van der Waals surface area contributed by atoms with Crippen molar-refractivity contribution in [2.75, 3.05) is 13.1 Å². The molecule has 0 atom stereocenters. The highest BCUT2D eigenvalue weighted by Gasteiger charge is 2.18. The lowest BCUT2D eigenvalue weighted by atomic mass is 10.2. The number of unbranched alkanes of at least 4 members (excludes halogenated alkanes) is 1. The summed E-state index contributed by atoms with van der Waals surface area (Å²) >= 11 is 0. The number of imidazole rings is 1. The molecule has 30 heavy (non-hydrogen) atoms. The second-order valence-electron chi connectivity index (χ2n) is 7.24. The molecule has 0 saturated carbocycles. The van der Waals surface area contributed by atoms with Crippen LogP contribution in [0.4, 0.5) is 0 Å². The number of carbonyl (C=O) groups excluding carboxylic acids is 1. The number of aryl methyl sites for hydroxylation is 3. The first-order valence-corrected chi connectivity index (χ1v) is 10.1. The molecule has 4 heterocycles. The molecule has 0 spiro atoms. The third-order valence-electron chi connectivity index (χ3n) is 5.15. The first kappa shape index (κ1) is 20.0. The summed E-state index contributed by atoms with van der Waals surface area (Å²) in [6.07, 6.45) is 6.23. The second-order valence-corrected chi connectivity index (χ2v) is 7.24. The summed E-state index contributed by atoms with van der Waals surface area (Å²) in [5.74, 6) is 1.27. The molecule has 0 fully saturated rings. The number of nitrogens with zero attached hydrogens (tertiary/aromatic N) is 5. The third kappa shape index (κ3) is 3.76. The van der Waals surface area contributed by atoms with Gasteiger partial charge < -0.3 is 20.1 Å². The average molecular weight is 407 g/mol. The Morgan fingerprint density at radius 3 is 2.87 bits per heavy atom. The second kappa shape index (κ2) is 8.58. The molecule has 3 N–H and O–H groups in total. The van der Waals surface area contributed by atoms with Gasteiger partial charge in [-0.25, -0.2) is 4.98 Å². The van der Waals surface area contributed by atoms with E-state index in [4.69, 9.17) is 15.2 Å². The molecule has 9 heteroatoms. The Balaban J connectivity index is 1.63. The van der Waals surface area contributed by atoms with E-state index in [-0.39, 0.29) is 5.91 Å². The fraction of sp³-hybridized carbons (Fsp3) is 0.381. The summed E-state index contributed by atoms with van der Waals surface area (Å²) in [4.78, 5) is 26.4. The number of hydrogen-bond acceptors (Lipinski definition) is 7. The zero-order valence-electron chi connectivity index (χ0n) is 17.2. The van der Waals surface area contributed by atoms with E-state index in [0.29, 0.717) is 36.7 Å². The number of carbonyl (C=O) groups is 1. The smallest absolute Gasteiger partial charge is 0.256 e. The molecule has 0 unspecified atom stereocenters. The highest BCUT2D eigenvalue weighted by molar-refractivity contribution is 5.99. The van der Waals surface area contributed by atoms with E-state index < -0.39 is 0 Å². The molecular formula is C21H25N7O2. The van der Waals surface area contributed by atoms with Crippen LogP contribution >= 0.6 is 0 Å². The number of aromatic nitrogens is 5.